The topological polar surface area (TPSA) is 38.0 Å². The third-order valence-electron chi connectivity index (χ3n) is 2.92. The minimum Gasteiger partial charge on any atom is -0.397 e. The zero-order valence-electron chi connectivity index (χ0n) is 13.7. The van der Waals surface area contributed by atoms with E-state index in [2.05, 4.69) is 21.2 Å². The lowest BCUT2D eigenvalue weighted by molar-refractivity contribution is 0.885. The molecule has 0 heterocycles. The average molecular weight is 377 g/mol. The summed E-state index contributed by atoms with van der Waals surface area (Å²) < 4.78 is 24.3. The van der Waals surface area contributed by atoms with Gasteiger partial charge in [0.15, 0.2) is 0 Å². The van der Waals surface area contributed by atoms with Crippen molar-refractivity contribution < 1.29 is 4.11 Å². The number of hydrogen-bond acceptors (Lipinski definition) is 2. The number of hydrogen-bond donors (Lipinski definition) is 2. The summed E-state index contributed by atoms with van der Waals surface area (Å²) in [6, 6.07) is 7.33. The first-order chi connectivity index (χ1) is 10.6. The van der Waals surface area contributed by atoms with Gasteiger partial charge in [-0.15, -0.1) is 0 Å². The van der Waals surface area contributed by atoms with Gasteiger partial charge in [-0.3, -0.25) is 0 Å². The Hall–Kier alpha value is -0.900. The first-order valence-electron chi connectivity index (χ1n) is 7.36. The molecule has 0 saturated carbocycles. The molecular weight excluding hydrogens is 359 g/mol. The summed E-state index contributed by atoms with van der Waals surface area (Å²) in [6.07, 6.45) is 0. The molecule has 0 spiro atoms. The van der Waals surface area contributed by atoms with Crippen LogP contribution in [0, 0.1) is 6.92 Å². The number of nitrogen functional groups attached to an aromatic ring is 1. The molecule has 0 aliphatic rings. The number of nitrogens with one attached hydrogen (secondary N) is 1. The molecule has 1 atom stereocenters. The predicted octanol–water partition coefficient (Wildman–Crippen LogP) is 5.82. The highest BCUT2D eigenvalue weighted by atomic mass is 79.9. The number of benzene rings is 2. The van der Waals surface area contributed by atoms with Gasteiger partial charge in [-0.05, 0) is 49.2 Å². The van der Waals surface area contributed by atoms with Gasteiger partial charge in [0.25, 0.3) is 0 Å². The van der Waals surface area contributed by atoms with Gasteiger partial charge >= 0.3 is 0 Å². The maximum absolute atomic E-state index is 7.83. The lowest BCUT2D eigenvalue weighted by Crippen LogP contribution is -2.09. The van der Waals surface area contributed by atoms with Gasteiger partial charge in [0.2, 0.25) is 0 Å². The molecule has 0 aliphatic carbocycles. The number of anilines is 2. The van der Waals surface area contributed by atoms with E-state index in [0.717, 1.165) is 10.0 Å². The summed E-state index contributed by atoms with van der Waals surface area (Å²) in [7, 11) is 0. The summed E-state index contributed by atoms with van der Waals surface area (Å²) in [5, 5.41) is 3.73. The van der Waals surface area contributed by atoms with Crippen LogP contribution in [0.4, 0.5) is 11.4 Å². The molecule has 2 aromatic carbocycles. The highest BCUT2D eigenvalue weighted by Gasteiger charge is 2.12. The quantitative estimate of drug-likeness (QED) is 0.662. The molecule has 20 heavy (non-hydrogen) atoms. The lowest BCUT2D eigenvalue weighted by Gasteiger charge is -2.19. The Kier molecular flexibility index (Phi) is 3.66. The van der Waals surface area contributed by atoms with Crippen molar-refractivity contribution in [2.75, 3.05) is 11.1 Å². The second kappa shape index (κ2) is 6.25. The van der Waals surface area contributed by atoms with Crippen molar-refractivity contribution >= 4 is 50.5 Å². The van der Waals surface area contributed by atoms with E-state index in [1.807, 2.05) is 13.0 Å². The maximum Gasteiger partial charge on any atom is 0.0592 e. The van der Waals surface area contributed by atoms with E-state index in [-0.39, 0.29) is 5.02 Å². The third-order valence-corrected chi connectivity index (χ3v) is 3.95. The van der Waals surface area contributed by atoms with Crippen molar-refractivity contribution in [2.45, 2.75) is 19.8 Å². The van der Waals surface area contributed by atoms with Crippen molar-refractivity contribution in [3.05, 3.63) is 56.0 Å². The fraction of sp³-hybridized carbons (Fsp3) is 0.200. The van der Waals surface area contributed by atoms with Crippen LogP contribution in [0.5, 0.6) is 0 Å². The minimum absolute atomic E-state index is 0.288. The Morgan fingerprint density at radius 3 is 2.70 bits per heavy atom. The Bertz CT molecular complexity index is 735. The SMILES string of the molecule is [2H]C([2H])([2H])[C@@H](Nc1cc(Br)cc(C)c1N)c1ccc(Cl)cc1Cl. The van der Waals surface area contributed by atoms with E-state index in [4.69, 9.17) is 33.0 Å². The van der Waals surface area contributed by atoms with E-state index in [1.54, 1.807) is 18.2 Å². The minimum atomic E-state index is -2.32. The molecule has 3 N–H and O–H groups in total. The summed E-state index contributed by atoms with van der Waals surface area (Å²) in [4.78, 5) is 0. The van der Waals surface area contributed by atoms with Crippen LogP contribution >= 0.6 is 39.1 Å². The molecule has 0 unspecified atom stereocenters. The first-order valence-corrected chi connectivity index (χ1v) is 7.41. The van der Waals surface area contributed by atoms with Gasteiger partial charge < -0.3 is 11.1 Å². The van der Waals surface area contributed by atoms with E-state index >= 15 is 0 Å². The summed E-state index contributed by atoms with van der Waals surface area (Å²) >= 11 is 15.5. The first kappa shape index (κ1) is 11.7. The largest absolute Gasteiger partial charge is 0.397 e. The van der Waals surface area contributed by atoms with Crippen LogP contribution in [0.3, 0.4) is 0 Å². The van der Waals surface area contributed by atoms with Crippen molar-refractivity contribution in [3.63, 3.8) is 0 Å². The molecule has 0 amide bonds. The number of rotatable bonds is 3. The highest BCUT2D eigenvalue weighted by molar-refractivity contribution is 9.10. The zero-order valence-corrected chi connectivity index (χ0v) is 13.8. The maximum atomic E-state index is 7.83. The summed E-state index contributed by atoms with van der Waals surface area (Å²) in [5.74, 6) is 0. The molecule has 0 radical (unpaired) electrons. The van der Waals surface area contributed by atoms with E-state index in [9.17, 15) is 0 Å². The van der Waals surface area contributed by atoms with Gasteiger partial charge in [-0.1, -0.05) is 45.2 Å². The van der Waals surface area contributed by atoms with Crippen LogP contribution in [-0.2, 0) is 0 Å². The molecule has 106 valence electrons. The number of nitrogens with two attached hydrogens (primary N) is 1. The Morgan fingerprint density at radius 1 is 1.30 bits per heavy atom. The van der Waals surface area contributed by atoms with Crippen molar-refractivity contribution in [1.82, 2.24) is 0 Å². The molecule has 2 aromatic rings. The molecule has 5 heteroatoms. The Morgan fingerprint density at radius 2 is 2.05 bits per heavy atom. The van der Waals surface area contributed by atoms with Crippen LogP contribution in [0.1, 0.15) is 28.1 Å². The molecule has 2 rings (SSSR count). The van der Waals surface area contributed by atoms with E-state index < -0.39 is 12.9 Å². The van der Waals surface area contributed by atoms with Crippen LogP contribution < -0.4 is 11.1 Å². The van der Waals surface area contributed by atoms with E-state index in [0.29, 0.717) is 22.0 Å². The molecule has 2 nitrogen and oxygen atoms in total. The van der Waals surface area contributed by atoms with Crippen LogP contribution in [0.25, 0.3) is 0 Å². The van der Waals surface area contributed by atoms with Crippen LogP contribution in [0.15, 0.2) is 34.8 Å². The van der Waals surface area contributed by atoms with E-state index in [1.165, 1.54) is 6.07 Å². The van der Waals surface area contributed by atoms with Gasteiger partial charge in [0.1, 0.15) is 0 Å². The number of aryl methyl sites for hydroxylation is 1. The van der Waals surface area contributed by atoms with Gasteiger partial charge in [-0.2, -0.15) is 0 Å². The molecule has 0 fully saturated rings. The van der Waals surface area contributed by atoms with Crippen LogP contribution in [0.2, 0.25) is 10.0 Å². The Balaban J connectivity index is 2.50. The van der Waals surface area contributed by atoms with Crippen molar-refractivity contribution in [2.24, 2.45) is 0 Å². The molecule has 0 saturated heterocycles. The second-order valence-corrected chi connectivity index (χ2v) is 6.19. The normalized spacial score (nSPS) is 15.1. The highest BCUT2D eigenvalue weighted by Crippen LogP contribution is 2.33. The summed E-state index contributed by atoms with van der Waals surface area (Å²) in [5.41, 5.74) is 8.37. The van der Waals surface area contributed by atoms with Crippen molar-refractivity contribution in [1.29, 1.82) is 0 Å². The Labute approximate surface area is 141 Å². The van der Waals surface area contributed by atoms with Gasteiger partial charge in [0.05, 0.1) is 17.4 Å². The fourth-order valence-corrected chi connectivity index (χ4v) is 2.93. The molecular formula is C15H15BrCl2N2. The van der Waals surface area contributed by atoms with Gasteiger partial charge in [0, 0.05) is 18.6 Å². The fourth-order valence-electron chi connectivity index (χ4n) is 1.84. The standard InChI is InChI=1S/C15H15BrCl2N2/c1-8-5-10(16)6-14(15(8)19)20-9(2)12-4-3-11(17)7-13(12)18/h3-7,9,20H,19H2,1-2H3/t9-/m1/s1/i2D3. The molecule has 0 aliphatic heterocycles. The molecule has 0 bridgehead atoms. The number of halogens is 3. The zero-order chi connectivity index (χ0) is 17.4. The lowest BCUT2D eigenvalue weighted by atomic mass is 10.1. The third kappa shape index (κ3) is 3.40. The monoisotopic (exact) mass is 375 g/mol. The van der Waals surface area contributed by atoms with Crippen LogP contribution in [-0.4, -0.2) is 0 Å². The molecule has 0 aromatic heterocycles. The van der Waals surface area contributed by atoms with Gasteiger partial charge in [-0.25, -0.2) is 0 Å². The second-order valence-electron chi connectivity index (χ2n) is 4.43. The predicted molar refractivity (Wildman–Crippen MR) is 91.8 cm³/mol. The average Bonchev–Trinajstić information content (AvgIpc) is 2.40. The summed E-state index contributed by atoms with van der Waals surface area (Å²) in [6.45, 7) is -0.467. The van der Waals surface area contributed by atoms with Crippen molar-refractivity contribution in [3.8, 4) is 0 Å². The smallest absolute Gasteiger partial charge is 0.0592 e.